The smallest absolute Gasteiger partial charge is 0.241 e. The van der Waals surface area contributed by atoms with Crippen LogP contribution in [0, 0.1) is 0 Å². The van der Waals surface area contributed by atoms with Crippen molar-refractivity contribution < 1.29 is 13.2 Å². The molecule has 2 rings (SSSR count). The standard InChI is InChI=1S/C13H19N3O3S/c1-13(2)12(17)15-8-9-16(13)20(18,19)10-6-11-5-3-4-7-14-11/h3-5,7H,6,8-10H2,1-2H3,(H,15,17). The van der Waals surface area contributed by atoms with E-state index in [9.17, 15) is 13.2 Å². The van der Waals surface area contributed by atoms with Gasteiger partial charge in [-0.3, -0.25) is 9.78 Å². The van der Waals surface area contributed by atoms with E-state index in [-0.39, 0.29) is 11.7 Å². The lowest BCUT2D eigenvalue weighted by atomic mass is 10.0. The molecule has 0 aliphatic carbocycles. The molecular formula is C13H19N3O3S. The number of sulfonamides is 1. The number of hydrogen-bond acceptors (Lipinski definition) is 4. The number of carbonyl (C=O) groups is 1. The Morgan fingerprint density at radius 3 is 2.80 bits per heavy atom. The normalized spacial score (nSPS) is 19.6. The fraction of sp³-hybridized carbons (Fsp3) is 0.538. The topological polar surface area (TPSA) is 79.4 Å². The summed E-state index contributed by atoms with van der Waals surface area (Å²) in [5.41, 5.74) is -0.309. The third-order valence-electron chi connectivity index (χ3n) is 3.46. The van der Waals surface area contributed by atoms with Gasteiger partial charge < -0.3 is 5.32 Å². The van der Waals surface area contributed by atoms with Crippen molar-refractivity contribution in [3.8, 4) is 0 Å². The molecule has 1 amide bonds. The van der Waals surface area contributed by atoms with Crippen LogP contribution in [0.3, 0.4) is 0 Å². The van der Waals surface area contributed by atoms with Gasteiger partial charge in [0.1, 0.15) is 5.54 Å². The number of nitrogens with zero attached hydrogens (tertiary/aromatic N) is 2. The fourth-order valence-corrected chi connectivity index (χ4v) is 4.09. The van der Waals surface area contributed by atoms with E-state index in [1.165, 1.54) is 4.31 Å². The number of rotatable bonds is 4. The van der Waals surface area contributed by atoms with Crippen LogP contribution < -0.4 is 5.32 Å². The van der Waals surface area contributed by atoms with Crippen molar-refractivity contribution in [2.75, 3.05) is 18.8 Å². The van der Waals surface area contributed by atoms with Crippen LogP contribution in [-0.4, -0.2) is 48.0 Å². The number of hydrogen-bond donors (Lipinski definition) is 1. The van der Waals surface area contributed by atoms with Crippen molar-refractivity contribution >= 4 is 15.9 Å². The zero-order valence-electron chi connectivity index (χ0n) is 11.7. The van der Waals surface area contributed by atoms with Gasteiger partial charge in [0.15, 0.2) is 0 Å². The summed E-state index contributed by atoms with van der Waals surface area (Å²) in [4.78, 5) is 15.9. The second-order valence-electron chi connectivity index (χ2n) is 5.27. The molecule has 0 spiro atoms. The zero-order valence-corrected chi connectivity index (χ0v) is 12.5. The molecule has 0 aromatic carbocycles. The van der Waals surface area contributed by atoms with Crippen LogP contribution >= 0.6 is 0 Å². The number of nitrogens with one attached hydrogen (secondary N) is 1. The highest BCUT2D eigenvalue weighted by Crippen LogP contribution is 2.22. The Hall–Kier alpha value is -1.47. The molecule has 0 atom stereocenters. The van der Waals surface area contributed by atoms with Gasteiger partial charge in [0.2, 0.25) is 15.9 Å². The van der Waals surface area contributed by atoms with Gasteiger partial charge in [0.25, 0.3) is 0 Å². The molecule has 6 nitrogen and oxygen atoms in total. The molecule has 2 heterocycles. The van der Waals surface area contributed by atoms with E-state index in [0.717, 1.165) is 5.69 Å². The maximum Gasteiger partial charge on any atom is 0.241 e. The van der Waals surface area contributed by atoms with Gasteiger partial charge in [0.05, 0.1) is 5.75 Å². The van der Waals surface area contributed by atoms with Gasteiger partial charge in [-0.1, -0.05) is 6.07 Å². The quantitative estimate of drug-likeness (QED) is 0.859. The first kappa shape index (κ1) is 14.9. The van der Waals surface area contributed by atoms with Gasteiger partial charge in [-0.25, -0.2) is 8.42 Å². The third kappa shape index (κ3) is 2.99. The number of aromatic nitrogens is 1. The van der Waals surface area contributed by atoms with Crippen molar-refractivity contribution in [3.63, 3.8) is 0 Å². The van der Waals surface area contributed by atoms with E-state index < -0.39 is 15.6 Å². The zero-order chi connectivity index (χ0) is 14.8. The molecule has 0 bridgehead atoms. The molecule has 1 N–H and O–H groups in total. The Morgan fingerprint density at radius 2 is 2.15 bits per heavy atom. The van der Waals surface area contributed by atoms with Crippen LogP contribution in [0.25, 0.3) is 0 Å². The summed E-state index contributed by atoms with van der Waals surface area (Å²) in [6.07, 6.45) is 1.98. The molecule has 20 heavy (non-hydrogen) atoms. The van der Waals surface area contributed by atoms with Gasteiger partial charge in [0, 0.05) is 31.4 Å². The first-order valence-corrected chi connectivity index (χ1v) is 8.14. The summed E-state index contributed by atoms with van der Waals surface area (Å²) in [6, 6.07) is 5.41. The fourth-order valence-electron chi connectivity index (χ4n) is 2.26. The average Bonchev–Trinajstić information content (AvgIpc) is 2.40. The first-order chi connectivity index (χ1) is 9.34. The predicted molar refractivity (Wildman–Crippen MR) is 75.5 cm³/mol. The van der Waals surface area contributed by atoms with Crippen LogP contribution in [-0.2, 0) is 21.2 Å². The highest BCUT2D eigenvalue weighted by molar-refractivity contribution is 7.89. The Morgan fingerprint density at radius 1 is 1.40 bits per heavy atom. The van der Waals surface area contributed by atoms with Crippen molar-refractivity contribution in [2.45, 2.75) is 25.8 Å². The van der Waals surface area contributed by atoms with Crippen molar-refractivity contribution in [2.24, 2.45) is 0 Å². The summed E-state index contributed by atoms with van der Waals surface area (Å²) in [6.45, 7) is 3.91. The molecule has 1 fully saturated rings. The lowest BCUT2D eigenvalue weighted by Gasteiger charge is -2.39. The monoisotopic (exact) mass is 297 g/mol. The maximum atomic E-state index is 12.4. The Labute approximate surface area is 119 Å². The molecule has 7 heteroatoms. The average molecular weight is 297 g/mol. The second-order valence-corrected chi connectivity index (χ2v) is 7.29. The molecule has 1 aliphatic heterocycles. The number of pyridine rings is 1. The van der Waals surface area contributed by atoms with Gasteiger partial charge in [-0.05, 0) is 26.0 Å². The molecule has 110 valence electrons. The van der Waals surface area contributed by atoms with Crippen LogP contribution in [0.2, 0.25) is 0 Å². The van der Waals surface area contributed by atoms with E-state index in [2.05, 4.69) is 10.3 Å². The predicted octanol–water partition coefficient (Wildman–Crippen LogP) is 0.164. The molecule has 0 saturated carbocycles. The molecular weight excluding hydrogens is 278 g/mol. The van der Waals surface area contributed by atoms with E-state index in [1.54, 1.807) is 32.2 Å². The summed E-state index contributed by atoms with van der Waals surface area (Å²) >= 11 is 0. The van der Waals surface area contributed by atoms with Crippen LogP contribution in [0.15, 0.2) is 24.4 Å². The Balaban J connectivity index is 2.12. The first-order valence-electron chi connectivity index (χ1n) is 6.53. The summed E-state index contributed by atoms with van der Waals surface area (Å²) in [7, 11) is -3.49. The van der Waals surface area contributed by atoms with Crippen molar-refractivity contribution in [3.05, 3.63) is 30.1 Å². The maximum absolute atomic E-state index is 12.4. The van der Waals surface area contributed by atoms with Gasteiger partial charge >= 0.3 is 0 Å². The van der Waals surface area contributed by atoms with E-state index >= 15 is 0 Å². The van der Waals surface area contributed by atoms with E-state index in [4.69, 9.17) is 0 Å². The SMILES string of the molecule is CC1(C)C(=O)NCCN1S(=O)(=O)CCc1ccccn1. The molecule has 1 saturated heterocycles. The van der Waals surface area contributed by atoms with Crippen molar-refractivity contribution in [1.82, 2.24) is 14.6 Å². The molecule has 0 unspecified atom stereocenters. The second kappa shape index (κ2) is 5.49. The Kier molecular flexibility index (Phi) is 4.10. The summed E-state index contributed by atoms with van der Waals surface area (Å²) < 4.78 is 26.2. The van der Waals surface area contributed by atoms with Gasteiger partial charge in [-0.2, -0.15) is 4.31 Å². The highest BCUT2D eigenvalue weighted by Gasteiger charge is 2.43. The minimum atomic E-state index is -3.49. The molecule has 1 aliphatic rings. The molecule has 0 radical (unpaired) electrons. The number of carbonyl (C=O) groups excluding carboxylic acids is 1. The van der Waals surface area contributed by atoms with Crippen LogP contribution in [0.1, 0.15) is 19.5 Å². The minimum absolute atomic E-state index is 0.0409. The summed E-state index contributed by atoms with van der Waals surface area (Å²) in [5.74, 6) is -0.300. The van der Waals surface area contributed by atoms with Gasteiger partial charge in [-0.15, -0.1) is 0 Å². The summed E-state index contributed by atoms with van der Waals surface area (Å²) in [5, 5.41) is 2.69. The van der Waals surface area contributed by atoms with Crippen LogP contribution in [0.5, 0.6) is 0 Å². The Bertz CT molecular complexity index is 584. The number of amides is 1. The van der Waals surface area contributed by atoms with E-state index in [0.29, 0.717) is 19.5 Å². The lowest BCUT2D eigenvalue weighted by Crippen LogP contribution is -2.63. The molecule has 1 aromatic rings. The lowest BCUT2D eigenvalue weighted by molar-refractivity contribution is -0.131. The minimum Gasteiger partial charge on any atom is -0.353 e. The van der Waals surface area contributed by atoms with E-state index in [1.807, 2.05) is 6.07 Å². The number of piperazine rings is 1. The number of aryl methyl sites for hydroxylation is 1. The highest BCUT2D eigenvalue weighted by atomic mass is 32.2. The van der Waals surface area contributed by atoms with Crippen LogP contribution in [0.4, 0.5) is 0 Å². The van der Waals surface area contributed by atoms with Crippen molar-refractivity contribution in [1.29, 1.82) is 0 Å². The molecule has 1 aromatic heterocycles. The largest absolute Gasteiger partial charge is 0.353 e. The third-order valence-corrected chi connectivity index (χ3v) is 5.49.